The van der Waals surface area contributed by atoms with Crippen molar-refractivity contribution in [2.75, 3.05) is 52.9 Å². The molecule has 1 amide bonds. The smallest absolute Gasteiger partial charge is 0.303 e. The predicted octanol–water partition coefficient (Wildman–Crippen LogP) is 2.92. The number of likely N-dealkylation sites (N-methyl/N-ethyl adjacent to an activating group) is 1. The number of benzene rings is 2. The maximum atomic E-state index is 13.6. The van der Waals surface area contributed by atoms with Crippen molar-refractivity contribution in [2.24, 2.45) is 5.41 Å². The molecule has 230 valence electrons. The maximum absolute atomic E-state index is 13.6. The van der Waals surface area contributed by atoms with Crippen molar-refractivity contribution >= 4 is 17.6 Å². The van der Waals surface area contributed by atoms with Gasteiger partial charge in [0.15, 0.2) is 11.5 Å². The van der Waals surface area contributed by atoms with Crippen LogP contribution >= 0.6 is 0 Å². The van der Waals surface area contributed by atoms with E-state index >= 15 is 0 Å². The molecule has 2 fully saturated rings. The van der Waals surface area contributed by atoms with E-state index in [0.717, 1.165) is 36.5 Å². The van der Waals surface area contributed by atoms with Crippen molar-refractivity contribution < 1.29 is 33.6 Å². The zero-order valence-electron chi connectivity index (χ0n) is 25.7. The molecule has 2 aromatic rings. The highest BCUT2D eigenvalue weighted by atomic mass is 16.6. The fraction of sp³-hybridized carbons (Fsp3) is 0.515. The third kappa shape index (κ3) is 3.99. The van der Waals surface area contributed by atoms with Crippen molar-refractivity contribution in [3.8, 4) is 17.2 Å². The number of amides is 1. The van der Waals surface area contributed by atoms with Gasteiger partial charge in [-0.1, -0.05) is 25.1 Å². The molecule has 2 N–H and O–H groups in total. The Labute approximate surface area is 252 Å². The summed E-state index contributed by atoms with van der Waals surface area (Å²) < 4.78 is 22.5. The van der Waals surface area contributed by atoms with Crippen LogP contribution in [-0.2, 0) is 14.9 Å². The molecular formula is C33H41N3O7. The number of nitrogens with one attached hydrogen (secondary N) is 1. The number of carbonyl (C=O) groups excluding carboxylic acids is 2. The highest BCUT2D eigenvalue weighted by Crippen LogP contribution is 2.67. The Balaban J connectivity index is 1.50. The summed E-state index contributed by atoms with van der Waals surface area (Å²) in [7, 11) is 6.67. The number of anilines is 1. The van der Waals surface area contributed by atoms with Crippen molar-refractivity contribution in [2.45, 2.75) is 55.9 Å². The van der Waals surface area contributed by atoms with E-state index < -0.39 is 34.5 Å². The van der Waals surface area contributed by atoms with E-state index in [1.54, 1.807) is 25.3 Å². The van der Waals surface area contributed by atoms with Gasteiger partial charge in [-0.15, -0.1) is 0 Å². The van der Waals surface area contributed by atoms with E-state index in [4.69, 9.17) is 18.9 Å². The van der Waals surface area contributed by atoms with Gasteiger partial charge in [0.2, 0.25) is 0 Å². The monoisotopic (exact) mass is 591 g/mol. The Bertz CT molecular complexity index is 1480. The molecule has 6 atom stereocenters. The van der Waals surface area contributed by atoms with Crippen LogP contribution < -0.4 is 24.4 Å². The van der Waals surface area contributed by atoms with Crippen LogP contribution in [0.5, 0.6) is 17.2 Å². The van der Waals surface area contributed by atoms with Crippen LogP contribution in [0.4, 0.5) is 5.69 Å². The molecule has 1 saturated heterocycles. The van der Waals surface area contributed by atoms with Crippen LogP contribution in [0.2, 0.25) is 0 Å². The van der Waals surface area contributed by atoms with Gasteiger partial charge in [-0.05, 0) is 49.2 Å². The minimum atomic E-state index is -1.66. The molecule has 10 nitrogen and oxygen atoms in total. The van der Waals surface area contributed by atoms with E-state index in [0.29, 0.717) is 23.5 Å². The Kier molecular flexibility index (Phi) is 7.12. The molecule has 10 heteroatoms. The molecule has 43 heavy (non-hydrogen) atoms. The fourth-order valence-corrected chi connectivity index (χ4v) is 8.94. The average Bonchev–Trinajstić information content (AvgIpc) is 3.53. The van der Waals surface area contributed by atoms with Crippen LogP contribution in [0.3, 0.4) is 0 Å². The van der Waals surface area contributed by atoms with Gasteiger partial charge in [0.1, 0.15) is 17.5 Å². The quantitative estimate of drug-likeness (QED) is 0.354. The number of methoxy groups -OCH3 is 3. The number of hydrogen-bond donors (Lipinski definition) is 2. The van der Waals surface area contributed by atoms with Crippen LogP contribution in [0.1, 0.15) is 42.6 Å². The molecule has 3 heterocycles. The largest absolute Gasteiger partial charge is 0.497 e. The molecular weight excluding hydrogens is 550 g/mol. The third-order valence-corrected chi connectivity index (χ3v) is 10.4. The molecule has 2 aromatic carbocycles. The van der Waals surface area contributed by atoms with Gasteiger partial charge in [0.25, 0.3) is 5.91 Å². The standard InChI is InChI=1S/C33H41N3O7/c1-7-31-13-8-15-36-16-14-32(28(31)36)23-11-10-22(40-4)18-24(23)35(3)29(32)33(39,30(31)43-20(2)37)19-34-27(38)21-9-12-25(41-5)26(17-21)42-6/h8-13,17-18,28-30,39H,7,14-16,19H2,1-6H3,(H,34,38)/t28-,29+,30+,31+,32+,33-/m0/s1. The fourth-order valence-electron chi connectivity index (χ4n) is 8.94. The van der Waals surface area contributed by atoms with E-state index in [1.807, 2.05) is 19.2 Å². The van der Waals surface area contributed by atoms with Gasteiger partial charge in [-0.2, -0.15) is 0 Å². The minimum absolute atomic E-state index is 0.0247. The summed E-state index contributed by atoms with van der Waals surface area (Å²) >= 11 is 0. The molecule has 1 aliphatic carbocycles. The summed E-state index contributed by atoms with van der Waals surface area (Å²) in [4.78, 5) is 31.0. The summed E-state index contributed by atoms with van der Waals surface area (Å²) in [5.41, 5.74) is -0.371. The second-order valence-electron chi connectivity index (χ2n) is 12.2. The molecule has 1 saturated carbocycles. The van der Waals surface area contributed by atoms with Crippen molar-refractivity contribution in [3.05, 3.63) is 59.7 Å². The van der Waals surface area contributed by atoms with Crippen molar-refractivity contribution in [1.82, 2.24) is 10.2 Å². The summed E-state index contributed by atoms with van der Waals surface area (Å²) in [5.74, 6) is 0.799. The molecule has 0 aromatic heterocycles. The van der Waals surface area contributed by atoms with Crippen LogP contribution in [0, 0.1) is 5.41 Å². The first-order chi connectivity index (χ1) is 20.6. The highest BCUT2D eigenvalue weighted by Gasteiger charge is 2.77. The zero-order chi connectivity index (χ0) is 30.7. The number of rotatable bonds is 8. The molecule has 1 spiro atoms. The second kappa shape index (κ2) is 10.4. The van der Waals surface area contributed by atoms with Gasteiger partial charge >= 0.3 is 5.97 Å². The molecule has 3 aliphatic heterocycles. The number of esters is 1. The molecule has 0 bridgehead atoms. The van der Waals surface area contributed by atoms with E-state index in [-0.39, 0.29) is 18.5 Å². The van der Waals surface area contributed by atoms with Gasteiger partial charge in [-0.3, -0.25) is 14.5 Å². The summed E-state index contributed by atoms with van der Waals surface area (Å²) in [6.45, 7) is 4.96. The zero-order valence-corrected chi connectivity index (χ0v) is 25.7. The number of hydrogen-bond acceptors (Lipinski definition) is 9. The number of nitrogens with zero attached hydrogens (tertiary/aromatic N) is 2. The Morgan fingerprint density at radius 1 is 1.05 bits per heavy atom. The SMILES string of the molecule is CC[C@]12C=CCN3CC[C@@]4(c5ccc(OC)cc5N(C)[C@H]4[C@@](O)(CNC(=O)c4ccc(OC)c(OC)c4)[C@@H]1OC(C)=O)[C@@H]32. The number of ether oxygens (including phenoxy) is 4. The normalized spacial score (nSPS) is 32.0. The minimum Gasteiger partial charge on any atom is -0.497 e. The Morgan fingerprint density at radius 3 is 2.49 bits per heavy atom. The Hall–Kier alpha value is -3.76. The van der Waals surface area contributed by atoms with Gasteiger partial charge in [-0.25, -0.2) is 0 Å². The molecule has 0 radical (unpaired) electrons. The molecule has 6 rings (SSSR count). The highest BCUT2D eigenvalue weighted by molar-refractivity contribution is 5.95. The topological polar surface area (TPSA) is 110 Å². The van der Waals surface area contributed by atoms with Crippen LogP contribution in [-0.4, -0.2) is 93.7 Å². The van der Waals surface area contributed by atoms with Gasteiger partial charge in [0.05, 0.1) is 33.9 Å². The number of carbonyl (C=O) groups is 2. The van der Waals surface area contributed by atoms with E-state index in [2.05, 4.69) is 40.3 Å². The average molecular weight is 592 g/mol. The lowest BCUT2D eigenvalue weighted by Gasteiger charge is -2.64. The van der Waals surface area contributed by atoms with Crippen LogP contribution in [0.15, 0.2) is 48.6 Å². The van der Waals surface area contributed by atoms with Crippen LogP contribution in [0.25, 0.3) is 0 Å². The van der Waals surface area contributed by atoms with Crippen molar-refractivity contribution in [3.63, 3.8) is 0 Å². The third-order valence-electron chi connectivity index (χ3n) is 10.4. The first kappa shape index (κ1) is 29.3. The number of aliphatic hydroxyl groups is 1. The molecule has 4 aliphatic rings. The van der Waals surface area contributed by atoms with E-state index in [9.17, 15) is 14.7 Å². The van der Waals surface area contributed by atoms with Gasteiger partial charge < -0.3 is 34.3 Å². The van der Waals surface area contributed by atoms with Gasteiger partial charge in [0, 0.05) is 54.7 Å². The van der Waals surface area contributed by atoms with E-state index in [1.165, 1.54) is 21.1 Å². The first-order valence-electron chi connectivity index (χ1n) is 14.8. The van der Waals surface area contributed by atoms with Crippen molar-refractivity contribution in [1.29, 1.82) is 0 Å². The number of fused-ring (bicyclic) bond motifs is 1. The second-order valence-corrected chi connectivity index (χ2v) is 12.2. The summed E-state index contributed by atoms with van der Waals surface area (Å²) in [5, 5.41) is 16.2. The summed E-state index contributed by atoms with van der Waals surface area (Å²) in [6, 6.07) is 10.5. The molecule has 0 unspecified atom stereocenters. The first-order valence-corrected chi connectivity index (χ1v) is 14.8. The maximum Gasteiger partial charge on any atom is 0.303 e. The Morgan fingerprint density at radius 2 is 1.81 bits per heavy atom. The lowest BCUT2D eigenvalue weighted by atomic mass is 9.47. The lowest BCUT2D eigenvalue weighted by molar-refractivity contribution is -0.216. The summed E-state index contributed by atoms with van der Waals surface area (Å²) in [6.07, 6.45) is 4.82. The lowest BCUT2D eigenvalue weighted by Crippen LogP contribution is -2.81. The predicted molar refractivity (Wildman–Crippen MR) is 161 cm³/mol.